The first-order valence-corrected chi connectivity index (χ1v) is 6.47. The Balaban J connectivity index is 2.89. The number of benzene rings is 1. The Bertz CT molecular complexity index is 303. The number of rotatable bonds is 5. The van der Waals surface area contributed by atoms with E-state index in [0.717, 1.165) is 6.54 Å². The zero-order chi connectivity index (χ0) is 11.3. The average molecular weight is 270 g/mol. The number of halogens is 1. The Hall–Kier alpha value is -0.340. The monoisotopic (exact) mass is 269 g/mol. The molecule has 0 radical (unpaired) electrons. The van der Waals surface area contributed by atoms with Crippen LogP contribution in [0.2, 0.25) is 0 Å². The average Bonchev–Trinajstić information content (AvgIpc) is 2.17. The molecule has 1 aromatic carbocycles. The molecule has 0 spiro atoms. The van der Waals surface area contributed by atoms with E-state index < -0.39 is 0 Å². The van der Waals surface area contributed by atoms with Crippen LogP contribution in [0.1, 0.15) is 43.9 Å². The lowest BCUT2D eigenvalue weighted by Gasteiger charge is -2.19. The van der Waals surface area contributed by atoms with E-state index in [9.17, 15) is 0 Å². The van der Waals surface area contributed by atoms with Crippen molar-refractivity contribution in [3.05, 3.63) is 33.8 Å². The minimum atomic E-state index is 0.481. The molecule has 1 rings (SSSR count). The number of hydrogen-bond acceptors (Lipinski definition) is 1. The first kappa shape index (κ1) is 12.7. The molecule has 2 heteroatoms. The smallest absolute Gasteiger partial charge is 0.0331 e. The van der Waals surface area contributed by atoms with Crippen molar-refractivity contribution in [3.63, 3.8) is 0 Å². The van der Waals surface area contributed by atoms with Crippen molar-refractivity contribution in [1.82, 2.24) is 5.32 Å². The zero-order valence-corrected chi connectivity index (χ0v) is 11.4. The maximum Gasteiger partial charge on any atom is 0.0331 e. The minimum Gasteiger partial charge on any atom is -0.310 e. The van der Waals surface area contributed by atoms with Crippen LogP contribution in [0.5, 0.6) is 0 Å². The fraction of sp³-hybridized carbons (Fsp3) is 0.538. The highest BCUT2D eigenvalue weighted by atomic mass is 79.9. The molecule has 1 nitrogen and oxygen atoms in total. The summed E-state index contributed by atoms with van der Waals surface area (Å²) in [6.45, 7) is 7.53. The van der Waals surface area contributed by atoms with E-state index in [1.807, 2.05) is 0 Å². The van der Waals surface area contributed by atoms with Crippen LogP contribution in [0.25, 0.3) is 0 Å². The van der Waals surface area contributed by atoms with Crippen molar-refractivity contribution in [2.45, 2.75) is 39.7 Å². The molecule has 0 aromatic heterocycles. The summed E-state index contributed by atoms with van der Waals surface area (Å²) in [4.78, 5) is 0. The topological polar surface area (TPSA) is 12.0 Å². The lowest BCUT2D eigenvalue weighted by atomic mass is 10.0. The molecule has 1 unspecified atom stereocenters. The van der Waals surface area contributed by atoms with E-state index in [2.05, 4.69) is 60.2 Å². The molecular formula is C13H20BrN. The van der Waals surface area contributed by atoms with Crippen LogP contribution >= 0.6 is 15.9 Å². The molecule has 15 heavy (non-hydrogen) atoms. The van der Waals surface area contributed by atoms with Gasteiger partial charge in [-0.15, -0.1) is 0 Å². The summed E-state index contributed by atoms with van der Waals surface area (Å²) in [7, 11) is 0. The molecule has 84 valence electrons. The fourth-order valence-corrected chi connectivity index (χ4v) is 2.59. The zero-order valence-electron chi connectivity index (χ0n) is 9.81. The molecular weight excluding hydrogens is 250 g/mol. The first-order chi connectivity index (χ1) is 7.19. The highest BCUT2D eigenvalue weighted by molar-refractivity contribution is 9.10. The molecule has 0 heterocycles. The van der Waals surface area contributed by atoms with Gasteiger partial charge in [-0.1, -0.05) is 48.3 Å². The maximum absolute atomic E-state index is 3.65. The molecule has 0 aliphatic heterocycles. The second-order valence-corrected chi connectivity index (χ2v) is 4.78. The van der Waals surface area contributed by atoms with E-state index in [1.54, 1.807) is 0 Å². The number of nitrogens with one attached hydrogen (secondary N) is 1. The SMILES string of the molecule is CCCC(NCC)c1ccc(C)cc1Br. The summed E-state index contributed by atoms with van der Waals surface area (Å²) in [5.41, 5.74) is 2.68. The molecule has 0 bridgehead atoms. The number of aryl methyl sites for hydroxylation is 1. The van der Waals surface area contributed by atoms with Crippen molar-refractivity contribution in [2.75, 3.05) is 6.54 Å². The predicted octanol–water partition coefficient (Wildman–Crippen LogP) is 4.21. The largest absolute Gasteiger partial charge is 0.310 e. The molecule has 1 N–H and O–H groups in total. The van der Waals surface area contributed by atoms with Gasteiger partial charge < -0.3 is 5.32 Å². The Morgan fingerprint density at radius 1 is 1.33 bits per heavy atom. The van der Waals surface area contributed by atoms with E-state index in [-0.39, 0.29) is 0 Å². The second-order valence-electron chi connectivity index (χ2n) is 3.92. The lowest BCUT2D eigenvalue weighted by molar-refractivity contribution is 0.507. The minimum absolute atomic E-state index is 0.481. The maximum atomic E-state index is 3.65. The van der Waals surface area contributed by atoms with Crippen molar-refractivity contribution in [3.8, 4) is 0 Å². The van der Waals surface area contributed by atoms with Gasteiger partial charge in [-0.3, -0.25) is 0 Å². The Labute approximate surface area is 101 Å². The van der Waals surface area contributed by atoms with Crippen LogP contribution in [0, 0.1) is 6.92 Å². The third-order valence-electron chi connectivity index (χ3n) is 2.56. The van der Waals surface area contributed by atoms with Crippen LogP contribution in [0.15, 0.2) is 22.7 Å². The second kappa shape index (κ2) is 6.29. The van der Waals surface area contributed by atoms with Gasteiger partial charge in [-0.2, -0.15) is 0 Å². The van der Waals surface area contributed by atoms with Crippen molar-refractivity contribution in [1.29, 1.82) is 0 Å². The molecule has 0 fully saturated rings. The van der Waals surface area contributed by atoms with Gasteiger partial charge in [0, 0.05) is 10.5 Å². The lowest BCUT2D eigenvalue weighted by Crippen LogP contribution is -2.21. The van der Waals surface area contributed by atoms with Gasteiger partial charge in [-0.05, 0) is 37.1 Å². The van der Waals surface area contributed by atoms with Crippen LogP contribution in [-0.2, 0) is 0 Å². The van der Waals surface area contributed by atoms with Crippen molar-refractivity contribution >= 4 is 15.9 Å². The van der Waals surface area contributed by atoms with Crippen LogP contribution in [0.4, 0.5) is 0 Å². The van der Waals surface area contributed by atoms with Gasteiger partial charge in [0.25, 0.3) is 0 Å². The van der Waals surface area contributed by atoms with E-state index in [0.29, 0.717) is 6.04 Å². The van der Waals surface area contributed by atoms with Gasteiger partial charge in [0.05, 0.1) is 0 Å². The normalized spacial score (nSPS) is 12.8. The summed E-state index contributed by atoms with van der Waals surface area (Å²) < 4.78 is 1.22. The van der Waals surface area contributed by atoms with Gasteiger partial charge in [-0.25, -0.2) is 0 Å². The van der Waals surface area contributed by atoms with Gasteiger partial charge in [0.2, 0.25) is 0 Å². The predicted molar refractivity (Wildman–Crippen MR) is 70.2 cm³/mol. The molecule has 0 aliphatic rings. The highest BCUT2D eigenvalue weighted by Gasteiger charge is 2.11. The molecule has 0 saturated carbocycles. The van der Waals surface area contributed by atoms with E-state index in [1.165, 1.54) is 28.4 Å². The molecule has 0 aliphatic carbocycles. The van der Waals surface area contributed by atoms with Crippen LogP contribution < -0.4 is 5.32 Å². The third kappa shape index (κ3) is 3.62. The Morgan fingerprint density at radius 3 is 2.60 bits per heavy atom. The van der Waals surface area contributed by atoms with Crippen LogP contribution in [-0.4, -0.2) is 6.54 Å². The van der Waals surface area contributed by atoms with Gasteiger partial charge in [0.15, 0.2) is 0 Å². The van der Waals surface area contributed by atoms with Crippen LogP contribution in [0.3, 0.4) is 0 Å². The summed E-state index contributed by atoms with van der Waals surface area (Å²) in [5.74, 6) is 0. The molecule has 1 aromatic rings. The quantitative estimate of drug-likeness (QED) is 0.845. The van der Waals surface area contributed by atoms with E-state index >= 15 is 0 Å². The number of hydrogen-bond donors (Lipinski definition) is 1. The summed E-state index contributed by atoms with van der Waals surface area (Å²) >= 11 is 3.65. The molecule has 1 atom stereocenters. The Morgan fingerprint density at radius 2 is 2.07 bits per heavy atom. The summed E-state index contributed by atoms with van der Waals surface area (Å²) in [5, 5.41) is 3.53. The molecule has 0 amide bonds. The van der Waals surface area contributed by atoms with Gasteiger partial charge >= 0.3 is 0 Å². The standard InChI is InChI=1S/C13H20BrN/c1-4-6-13(15-5-2)11-8-7-10(3)9-12(11)14/h7-9,13,15H,4-6H2,1-3H3. The third-order valence-corrected chi connectivity index (χ3v) is 3.25. The van der Waals surface area contributed by atoms with E-state index in [4.69, 9.17) is 0 Å². The first-order valence-electron chi connectivity index (χ1n) is 5.68. The molecule has 0 saturated heterocycles. The summed E-state index contributed by atoms with van der Waals surface area (Å²) in [6, 6.07) is 7.08. The Kier molecular flexibility index (Phi) is 5.34. The van der Waals surface area contributed by atoms with Gasteiger partial charge in [0.1, 0.15) is 0 Å². The van der Waals surface area contributed by atoms with Crippen molar-refractivity contribution < 1.29 is 0 Å². The van der Waals surface area contributed by atoms with Crippen molar-refractivity contribution in [2.24, 2.45) is 0 Å². The summed E-state index contributed by atoms with van der Waals surface area (Å²) in [6.07, 6.45) is 2.40. The highest BCUT2D eigenvalue weighted by Crippen LogP contribution is 2.27. The fourth-order valence-electron chi connectivity index (χ4n) is 1.82.